The molecule has 0 atom stereocenters. The van der Waals surface area contributed by atoms with Crippen molar-refractivity contribution < 1.29 is 0 Å². The first-order chi connectivity index (χ1) is 8.16. The molecule has 1 aromatic carbocycles. The lowest BCUT2D eigenvalue weighted by atomic mass is 10.3. The normalized spacial score (nSPS) is 11.3. The molecule has 0 bridgehead atoms. The topological polar surface area (TPSA) is 28.2 Å². The predicted octanol–water partition coefficient (Wildman–Crippen LogP) is 2.73. The van der Waals surface area contributed by atoms with Gasteiger partial charge in [0.15, 0.2) is 5.13 Å². The maximum atomic E-state index is 4.63. The van der Waals surface area contributed by atoms with Gasteiger partial charge in [-0.15, -0.1) is 0 Å². The van der Waals surface area contributed by atoms with E-state index in [1.807, 2.05) is 6.07 Å². The lowest BCUT2D eigenvalue weighted by Crippen LogP contribution is -2.32. The summed E-state index contributed by atoms with van der Waals surface area (Å²) in [4.78, 5) is 6.84. The molecule has 0 unspecified atom stereocenters. The molecule has 2 rings (SSSR count). The van der Waals surface area contributed by atoms with Crippen molar-refractivity contribution in [2.24, 2.45) is 0 Å². The molecule has 4 heteroatoms. The number of thiazole rings is 1. The van der Waals surface area contributed by atoms with Gasteiger partial charge in [0.25, 0.3) is 0 Å². The molecule has 0 amide bonds. The molecule has 1 aromatic heterocycles. The summed E-state index contributed by atoms with van der Waals surface area (Å²) in [6.07, 6.45) is 0. The van der Waals surface area contributed by atoms with E-state index >= 15 is 0 Å². The highest BCUT2D eigenvalue weighted by Gasteiger charge is 2.07. The summed E-state index contributed by atoms with van der Waals surface area (Å²) in [5, 5.41) is 4.51. The maximum absolute atomic E-state index is 4.63. The van der Waals surface area contributed by atoms with E-state index < -0.39 is 0 Å². The zero-order valence-corrected chi connectivity index (χ0v) is 11.4. The van der Waals surface area contributed by atoms with Gasteiger partial charge in [-0.05, 0) is 12.1 Å². The largest absolute Gasteiger partial charge is 0.350 e. The quantitative estimate of drug-likeness (QED) is 0.883. The number of likely N-dealkylation sites (N-methyl/N-ethyl adjacent to an activating group) is 1. The summed E-state index contributed by atoms with van der Waals surface area (Å²) in [5.41, 5.74) is 1.09. The van der Waals surface area contributed by atoms with E-state index in [9.17, 15) is 0 Å². The first kappa shape index (κ1) is 12.3. The van der Waals surface area contributed by atoms with Gasteiger partial charge in [0.05, 0.1) is 10.2 Å². The number of para-hydroxylation sites is 1. The molecule has 0 spiro atoms. The molecule has 17 heavy (non-hydrogen) atoms. The number of benzene rings is 1. The van der Waals surface area contributed by atoms with E-state index in [2.05, 4.69) is 54.3 Å². The number of aromatic nitrogens is 1. The molecule has 92 valence electrons. The van der Waals surface area contributed by atoms with Crippen molar-refractivity contribution >= 4 is 26.7 Å². The van der Waals surface area contributed by atoms with Crippen LogP contribution in [0.25, 0.3) is 10.2 Å². The fraction of sp³-hybridized carbons (Fsp3) is 0.462. The van der Waals surface area contributed by atoms with Crippen LogP contribution in [0, 0.1) is 0 Å². The van der Waals surface area contributed by atoms with Gasteiger partial charge in [0.1, 0.15) is 0 Å². The average molecular weight is 249 g/mol. The van der Waals surface area contributed by atoms with Crippen LogP contribution in [-0.4, -0.2) is 31.2 Å². The SMILES string of the molecule is CC(C)NCCN(C)c1nc2ccccc2s1. The van der Waals surface area contributed by atoms with Gasteiger partial charge in [0.2, 0.25) is 0 Å². The van der Waals surface area contributed by atoms with E-state index in [0.717, 1.165) is 23.7 Å². The highest BCUT2D eigenvalue weighted by atomic mass is 32.1. The molecule has 0 fully saturated rings. The number of hydrogen-bond donors (Lipinski definition) is 1. The van der Waals surface area contributed by atoms with Crippen molar-refractivity contribution in [3.63, 3.8) is 0 Å². The summed E-state index contributed by atoms with van der Waals surface area (Å²) in [5.74, 6) is 0. The molecule has 0 radical (unpaired) electrons. The summed E-state index contributed by atoms with van der Waals surface area (Å²) >= 11 is 1.75. The Hall–Kier alpha value is -1.13. The van der Waals surface area contributed by atoms with E-state index in [-0.39, 0.29) is 0 Å². The van der Waals surface area contributed by atoms with Crippen LogP contribution in [0.4, 0.5) is 5.13 Å². The number of nitrogens with zero attached hydrogens (tertiary/aromatic N) is 2. The number of anilines is 1. The molecule has 0 aliphatic carbocycles. The smallest absolute Gasteiger partial charge is 0.186 e. The van der Waals surface area contributed by atoms with Gasteiger partial charge in [-0.3, -0.25) is 0 Å². The standard InChI is InChI=1S/C13H19N3S/c1-10(2)14-8-9-16(3)13-15-11-6-4-5-7-12(11)17-13/h4-7,10,14H,8-9H2,1-3H3. The fourth-order valence-corrected chi connectivity index (χ4v) is 2.59. The maximum Gasteiger partial charge on any atom is 0.186 e. The molecule has 2 aromatic rings. The number of rotatable bonds is 5. The van der Waals surface area contributed by atoms with Crippen LogP contribution in [0.15, 0.2) is 24.3 Å². The second-order valence-corrected chi connectivity index (χ2v) is 5.50. The third-order valence-corrected chi connectivity index (χ3v) is 3.76. The first-order valence-electron chi connectivity index (χ1n) is 5.97. The molecule has 3 nitrogen and oxygen atoms in total. The minimum atomic E-state index is 0.541. The zero-order valence-electron chi connectivity index (χ0n) is 10.6. The van der Waals surface area contributed by atoms with E-state index in [1.54, 1.807) is 11.3 Å². The summed E-state index contributed by atoms with van der Waals surface area (Å²) in [6.45, 7) is 6.30. The van der Waals surface area contributed by atoms with Gasteiger partial charge in [-0.1, -0.05) is 37.3 Å². The number of nitrogens with one attached hydrogen (secondary N) is 1. The molecule has 0 saturated carbocycles. The Kier molecular flexibility index (Phi) is 3.97. The van der Waals surface area contributed by atoms with Crippen LogP contribution in [0.1, 0.15) is 13.8 Å². The van der Waals surface area contributed by atoms with Crippen molar-refractivity contribution in [1.82, 2.24) is 10.3 Å². The second-order valence-electron chi connectivity index (χ2n) is 4.49. The summed E-state index contributed by atoms with van der Waals surface area (Å²) < 4.78 is 1.26. The Morgan fingerprint density at radius 1 is 1.35 bits per heavy atom. The van der Waals surface area contributed by atoms with Crippen LogP contribution in [0.2, 0.25) is 0 Å². The lowest BCUT2D eigenvalue weighted by Gasteiger charge is -2.16. The van der Waals surface area contributed by atoms with Crippen LogP contribution >= 0.6 is 11.3 Å². The van der Waals surface area contributed by atoms with Crippen LogP contribution in [0.5, 0.6) is 0 Å². The molecule has 0 aliphatic rings. The third-order valence-electron chi connectivity index (χ3n) is 2.61. The van der Waals surface area contributed by atoms with E-state index in [1.165, 1.54) is 4.70 Å². The highest BCUT2D eigenvalue weighted by molar-refractivity contribution is 7.22. The number of hydrogen-bond acceptors (Lipinski definition) is 4. The molecule has 1 N–H and O–H groups in total. The van der Waals surface area contributed by atoms with Crippen molar-refractivity contribution in [1.29, 1.82) is 0 Å². The third kappa shape index (κ3) is 3.17. The Labute approximate surface area is 106 Å². The minimum absolute atomic E-state index is 0.541. The van der Waals surface area contributed by atoms with Gasteiger partial charge in [0, 0.05) is 26.2 Å². The Morgan fingerprint density at radius 2 is 2.12 bits per heavy atom. The van der Waals surface area contributed by atoms with E-state index in [0.29, 0.717) is 6.04 Å². The van der Waals surface area contributed by atoms with Crippen LogP contribution < -0.4 is 10.2 Å². The summed E-state index contributed by atoms with van der Waals surface area (Å²) in [7, 11) is 2.10. The Bertz CT molecular complexity index is 445. The van der Waals surface area contributed by atoms with Crippen molar-refractivity contribution in [3.8, 4) is 0 Å². The molecule has 1 heterocycles. The minimum Gasteiger partial charge on any atom is -0.350 e. The number of fused-ring (bicyclic) bond motifs is 1. The van der Waals surface area contributed by atoms with Crippen molar-refractivity contribution in [2.75, 3.05) is 25.0 Å². The molecular weight excluding hydrogens is 230 g/mol. The Balaban J connectivity index is 2.01. The summed E-state index contributed by atoms with van der Waals surface area (Å²) in [6, 6.07) is 8.82. The average Bonchev–Trinajstić information content (AvgIpc) is 2.71. The van der Waals surface area contributed by atoms with Gasteiger partial charge < -0.3 is 10.2 Å². The second kappa shape index (κ2) is 5.47. The van der Waals surface area contributed by atoms with Gasteiger partial charge in [-0.25, -0.2) is 4.98 Å². The van der Waals surface area contributed by atoms with Gasteiger partial charge >= 0.3 is 0 Å². The lowest BCUT2D eigenvalue weighted by molar-refractivity contribution is 0.589. The molecular formula is C13H19N3S. The predicted molar refractivity (Wildman–Crippen MR) is 76.0 cm³/mol. The van der Waals surface area contributed by atoms with E-state index in [4.69, 9.17) is 0 Å². The zero-order chi connectivity index (χ0) is 12.3. The highest BCUT2D eigenvalue weighted by Crippen LogP contribution is 2.27. The monoisotopic (exact) mass is 249 g/mol. The van der Waals surface area contributed by atoms with Crippen LogP contribution in [0.3, 0.4) is 0 Å². The molecule has 0 saturated heterocycles. The Morgan fingerprint density at radius 3 is 2.82 bits per heavy atom. The molecule has 0 aliphatic heterocycles. The first-order valence-corrected chi connectivity index (χ1v) is 6.78. The van der Waals surface area contributed by atoms with Crippen molar-refractivity contribution in [2.45, 2.75) is 19.9 Å². The fourth-order valence-electron chi connectivity index (χ4n) is 1.64. The van der Waals surface area contributed by atoms with Crippen molar-refractivity contribution in [3.05, 3.63) is 24.3 Å². The van der Waals surface area contributed by atoms with Crippen LogP contribution in [-0.2, 0) is 0 Å². The van der Waals surface area contributed by atoms with Gasteiger partial charge in [-0.2, -0.15) is 0 Å².